The number of sulfonamides is 1. The zero-order valence-corrected chi connectivity index (χ0v) is 17.0. The van der Waals surface area contributed by atoms with Gasteiger partial charge in [0.1, 0.15) is 11.6 Å². The molecule has 0 N–H and O–H groups in total. The van der Waals surface area contributed by atoms with Crippen LogP contribution in [0, 0.1) is 19.7 Å². The molecule has 0 aliphatic carbocycles. The maximum absolute atomic E-state index is 13.7. The second-order valence-electron chi connectivity index (χ2n) is 6.58. The predicted octanol–water partition coefficient (Wildman–Crippen LogP) is 4.49. The monoisotopic (exact) mass is 413 g/mol. The van der Waals surface area contributed by atoms with Gasteiger partial charge < -0.3 is 4.74 Å². The van der Waals surface area contributed by atoms with Crippen molar-refractivity contribution in [1.29, 1.82) is 0 Å². The third kappa shape index (κ3) is 4.30. The topological polar surface area (TPSA) is 63.7 Å². The summed E-state index contributed by atoms with van der Waals surface area (Å²) >= 11 is 0. The molecule has 7 heteroatoms. The number of halogens is 1. The van der Waals surface area contributed by atoms with E-state index >= 15 is 0 Å². The summed E-state index contributed by atoms with van der Waals surface area (Å²) in [4.78, 5) is 12.3. The van der Waals surface area contributed by atoms with Crippen LogP contribution in [0.1, 0.15) is 21.5 Å². The lowest BCUT2D eigenvalue weighted by molar-refractivity contribution is 0.0730. The summed E-state index contributed by atoms with van der Waals surface area (Å²) in [6, 6.07) is 16.4. The number of anilines is 1. The molecule has 0 saturated carbocycles. The van der Waals surface area contributed by atoms with Crippen molar-refractivity contribution in [1.82, 2.24) is 0 Å². The molecule has 0 spiro atoms. The van der Waals surface area contributed by atoms with Gasteiger partial charge in [0.2, 0.25) is 0 Å². The van der Waals surface area contributed by atoms with Crippen LogP contribution in [0.5, 0.6) is 5.75 Å². The number of hydrogen-bond acceptors (Lipinski definition) is 4. The quantitative estimate of drug-likeness (QED) is 0.457. The lowest BCUT2D eigenvalue weighted by atomic mass is 10.1. The van der Waals surface area contributed by atoms with E-state index in [-0.39, 0.29) is 16.2 Å². The van der Waals surface area contributed by atoms with Crippen LogP contribution in [0.15, 0.2) is 71.6 Å². The van der Waals surface area contributed by atoms with Gasteiger partial charge >= 0.3 is 5.97 Å². The first-order chi connectivity index (χ1) is 13.7. The van der Waals surface area contributed by atoms with Gasteiger partial charge in [-0.2, -0.15) is 0 Å². The van der Waals surface area contributed by atoms with Crippen LogP contribution in [0.4, 0.5) is 10.1 Å². The first-order valence-corrected chi connectivity index (χ1v) is 10.3. The fourth-order valence-electron chi connectivity index (χ4n) is 2.68. The summed E-state index contributed by atoms with van der Waals surface area (Å²) in [5.41, 5.74) is 2.11. The standard InChI is InChI=1S/C22H20FNO4S/c1-15-8-13-19(14-16(15)2)29(26,27)24(3)17-9-11-18(12-10-17)28-22(25)20-6-4-5-7-21(20)23/h4-14H,1-3H3. The van der Waals surface area contributed by atoms with Gasteiger partial charge in [-0.15, -0.1) is 0 Å². The van der Waals surface area contributed by atoms with E-state index < -0.39 is 21.8 Å². The molecule has 0 atom stereocenters. The van der Waals surface area contributed by atoms with Gasteiger partial charge in [-0.05, 0) is 73.5 Å². The van der Waals surface area contributed by atoms with E-state index in [1.54, 1.807) is 18.2 Å². The maximum Gasteiger partial charge on any atom is 0.346 e. The number of esters is 1. The highest BCUT2D eigenvalue weighted by Crippen LogP contribution is 2.26. The van der Waals surface area contributed by atoms with E-state index in [4.69, 9.17) is 4.74 Å². The smallest absolute Gasteiger partial charge is 0.346 e. The lowest BCUT2D eigenvalue weighted by Gasteiger charge is -2.20. The molecule has 5 nitrogen and oxygen atoms in total. The van der Waals surface area contributed by atoms with Crippen molar-refractivity contribution < 1.29 is 22.3 Å². The Morgan fingerprint density at radius 2 is 1.59 bits per heavy atom. The summed E-state index contributed by atoms with van der Waals surface area (Å²) in [5.74, 6) is -1.32. The largest absolute Gasteiger partial charge is 0.423 e. The van der Waals surface area contributed by atoms with E-state index in [1.165, 1.54) is 55.6 Å². The predicted molar refractivity (Wildman–Crippen MR) is 109 cm³/mol. The Hall–Kier alpha value is -3.19. The molecule has 0 amide bonds. The number of rotatable bonds is 5. The summed E-state index contributed by atoms with van der Waals surface area (Å²) < 4.78 is 45.8. The average molecular weight is 413 g/mol. The number of nitrogens with zero attached hydrogens (tertiary/aromatic N) is 1. The fourth-order valence-corrected chi connectivity index (χ4v) is 3.97. The van der Waals surface area contributed by atoms with Crippen molar-refractivity contribution in [3.05, 3.63) is 89.2 Å². The molecule has 0 heterocycles. The molecular weight excluding hydrogens is 393 g/mol. The van der Waals surface area contributed by atoms with Crippen molar-refractivity contribution in [2.45, 2.75) is 18.7 Å². The molecule has 0 unspecified atom stereocenters. The Balaban J connectivity index is 1.79. The second-order valence-corrected chi connectivity index (χ2v) is 8.55. The maximum atomic E-state index is 13.7. The molecule has 0 aliphatic heterocycles. The minimum absolute atomic E-state index is 0.175. The number of carbonyl (C=O) groups excluding carboxylic acids is 1. The highest BCUT2D eigenvalue weighted by molar-refractivity contribution is 7.92. The highest BCUT2D eigenvalue weighted by atomic mass is 32.2. The number of hydrogen-bond donors (Lipinski definition) is 0. The minimum atomic E-state index is -3.74. The summed E-state index contributed by atoms with van der Waals surface area (Å²) in [6.07, 6.45) is 0. The molecule has 150 valence electrons. The molecule has 0 aromatic heterocycles. The van der Waals surface area contributed by atoms with E-state index in [0.29, 0.717) is 5.69 Å². The van der Waals surface area contributed by atoms with E-state index in [2.05, 4.69) is 0 Å². The Labute approximate surface area is 169 Å². The second kappa shape index (κ2) is 8.05. The first-order valence-electron chi connectivity index (χ1n) is 8.83. The van der Waals surface area contributed by atoms with Crippen molar-refractivity contribution >= 4 is 21.7 Å². The molecule has 3 aromatic rings. The van der Waals surface area contributed by atoms with Gasteiger partial charge in [0.25, 0.3) is 10.0 Å². The van der Waals surface area contributed by atoms with Crippen molar-refractivity contribution in [2.24, 2.45) is 0 Å². The molecule has 0 radical (unpaired) electrons. The van der Waals surface area contributed by atoms with Crippen molar-refractivity contribution in [3.8, 4) is 5.75 Å². The SMILES string of the molecule is Cc1ccc(S(=O)(=O)N(C)c2ccc(OC(=O)c3ccccc3F)cc2)cc1C. The molecule has 0 aliphatic rings. The summed E-state index contributed by atoms with van der Waals surface area (Å²) in [7, 11) is -2.29. The van der Waals surface area contributed by atoms with E-state index in [0.717, 1.165) is 15.4 Å². The highest BCUT2D eigenvalue weighted by Gasteiger charge is 2.22. The molecule has 0 saturated heterocycles. The molecule has 29 heavy (non-hydrogen) atoms. The van der Waals surface area contributed by atoms with Crippen LogP contribution in [-0.4, -0.2) is 21.4 Å². The Morgan fingerprint density at radius 3 is 2.21 bits per heavy atom. The van der Waals surface area contributed by atoms with E-state index in [1.807, 2.05) is 13.8 Å². The van der Waals surface area contributed by atoms with Crippen molar-refractivity contribution in [2.75, 3.05) is 11.4 Å². The van der Waals surface area contributed by atoms with Crippen LogP contribution in [0.3, 0.4) is 0 Å². The molecule has 0 fully saturated rings. The van der Waals surface area contributed by atoms with Crippen LogP contribution in [0.25, 0.3) is 0 Å². The molecule has 0 bridgehead atoms. The van der Waals surface area contributed by atoms with Gasteiger partial charge in [0.15, 0.2) is 0 Å². The lowest BCUT2D eigenvalue weighted by Crippen LogP contribution is -2.26. The van der Waals surface area contributed by atoms with Crippen molar-refractivity contribution in [3.63, 3.8) is 0 Å². The normalized spacial score (nSPS) is 11.2. The van der Waals surface area contributed by atoms with Crippen LogP contribution in [-0.2, 0) is 10.0 Å². The third-order valence-electron chi connectivity index (χ3n) is 4.64. The zero-order chi connectivity index (χ0) is 21.2. The Bertz CT molecular complexity index is 1160. The third-order valence-corrected chi connectivity index (χ3v) is 6.42. The Morgan fingerprint density at radius 1 is 0.931 bits per heavy atom. The van der Waals surface area contributed by atoms with Gasteiger partial charge in [-0.25, -0.2) is 17.6 Å². The number of ether oxygens (including phenoxy) is 1. The van der Waals surface area contributed by atoms with Gasteiger partial charge in [-0.1, -0.05) is 18.2 Å². The van der Waals surface area contributed by atoms with Crippen LogP contribution >= 0.6 is 0 Å². The number of benzene rings is 3. The van der Waals surface area contributed by atoms with Crippen LogP contribution in [0.2, 0.25) is 0 Å². The van der Waals surface area contributed by atoms with Crippen LogP contribution < -0.4 is 9.04 Å². The molecular formula is C22H20FNO4S. The number of carbonyl (C=O) groups is 1. The Kier molecular flexibility index (Phi) is 5.70. The average Bonchev–Trinajstić information content (AvgIpc) is 2.70. The fraction of sp³-hybridized carbons (Fsp3) is 0.136. The molecule has 3 aromatic carbocycles. The minimum Gasteiger partial charge on any atom is -0.423 e. The van der Waals surface area contributed by atoms with E-state index in [9.17, 15) is 17.6 Å². The van der Waals surface area contributed by atoms with Gasteiger partial charge in [0, 0.05) is 7.05 Å². The summed E-state index contributed by atoms with van der Waals surface area (Å²) in [6.45, 7) is 3.77. The van der Waals surface area contributed by atoms with Gasteiger partial charge in [0.05, 0.1) is 16.1 Å². The van der Waals surface area contributed by atoms with Gasteiger partial charge in [-0.3, -0.25) is 4.31 Å². The number of aryl methyl sites for hydroxylation is 2. The summed E-state index contributed by atoms with van der Waals surface area (Å²) in [5, 5.41) is 0. The first kappa shape index (κ1) is 20.5. The molecule has 3 rings (SSSR count). The zero-order valence-electron chi connectivity index (χ0n) is 16.2.